The van der Waals surface area contributed by atoms with E-state index in [1.807, 2.05) is 0 Å². The van der Waals surface area contributed by atoms with E-state index < -0.39 is 10.2 Å². The summed E-state index contributed by atoms with van der Waals surface area (Å²) in [5, 5.41) is 3.42. The van der Waals surface area contributed by atoms with Crippen LogP contribution in [0.1, 0.15) is 58.3 Å². The standard InChI is InChI=1S/C15H31N3O2S/c1-2-10-16-12-14-7-6-11-18(13-14)21(19,20)17-15-8-4-3-5-9-15/h14-17H,2-13H2,1H3. The SMILES string of the molecule is CCCNCC1CCCN(S(=O)(=O)NC2CCCCC2)C1. The summed E-state index contributed by atoms with van der Waals surface area (Å²) in [5.41, 5.74) is 0. The summed E-state index contributed by atoms with van der Waals surface area (Å²) in [6.45, 7) is 5.44. The van der Waals surface area contributed by atoms with Crippen molar-refractivity contribution in [3.63, 3.8) is 0 Å². The van der Waals surface area contributed by atoms with Gasteiger partial charge in [0.2, 0.25) is 0 Å². The van der Waals surface area contributed by atoms with Crippen LogP contribution in [-0.4, -0.2) is 44.9 Å². The van der Waals surface area contributed by atoms with E-state index in [4.69, 9.17) is 0 Å². The fourth-order valence-electron chi connectivity index (χ4n) is 3.40. The van der Waals surface area contributed by atoms with Crippen molar-refractivity contribution >= 4 is 10.2 Å². The summed E-state index contributed by atoms with van der Waals surface area (Å²) in [6.07, 6.45) is 8.76. The van der Waals surface area contributed by atoms with Crippen LogP contribution in [0.15, 0.2) is 0 Å². The fraction of sp³-hybridized carbons (Fsp3) is 1.00. The molecule has 1 aliphatic carbocycles. The summed E-state index contributed by atoms with van der Waals surface area (Å²) in [6, 6.07) is 0.155. The smallest absolute Gasteiger partial charge is 0.279 e. The number of nitrogens with one attached hydrogen (secondary N) is 2. The predicted octanol–water partition coefficient (Wildman–Crippen LogP) is 1.87. The highest BCUT2D eigenvalue weighted by Crippen LogP contribution is 2.21. The normalized spacial score (nSPS) is 26.0. The van der Waals surface area contributed by atoms with Gasteiger partial charge in [0.15, 0.2) is 0 Å². The van der Waals surface area contributed by atoms with Gasteiger partial charge >= 0.3 is 0 Å². The molecule has 2 aliphatic rings. The van der Waals surface area contributed by atoms with Gasteiger partial charge in [-0.2, -0.15) is 17.4 Å². The van der Waals surface area contributed by atoms with Gasteiger partial charge in [0.25, 0.3) is 10.2 Å². The number of rotatable bonds is 7. The molecule has 0 amide bonds. The van der Waals surface area contributed by atoms with Crippen molar-refractivity contribution in [2.75, 3.05) is 26.2 Å². The molecule has 2 rings (SSSR count). The molecule has 2 N–H and O–H groups in total. The summed E-state index contributed by atoms with van der Waals surface area (Å²) in [4.78, 5) is 0. The first-order valence-electron chi connectivity index (χ1n) is 8.60. The van der Waals surface area contributed by atoms with Crippen molar-refractivity contribution in [1.29, 1.82) is 0 Å². The quantitative estimate of drug-likeness (QED) is 0.705. The lowest BCUT2D eigenvalue weighted by molar-refractivity contribution is 0.255. The number of hydrogen-bond donors (Lipinski definition) is 2. The maximum Gasteiger partial charge on any atom is 0.279 e. The molecule has 0 bridgehead atoms. The van der Waals surface area contributed by atoms with Gasteiger partial charge in [-0.3, -0.25) is 0 Å². The molecule has 124 valence electrons. The van der Waals surface area contributed by atoms with E-state index in [1.165, 1.54) is 6.42 Å². The molecule has 1 atom stereocenters. The molecular weight excluding hydrogens is 286 g/mol. The van der Waals surface area contributed by atoms with Crippen LogP contribution in [-0.2, 0) is 10.2 Å². The van der Waals surface area contributed by atoms with Crippen LogP contribution in [0.2, 0.25) is 0 Å². The molecule has 0 aromatic heterocycles. The molecule has 2 fully saturated rings. The van der Waals surface area contributed by atoms with E-state index in [2.05, 4.69) is 17.0 Å². The van der Waals surface area contributed by atoms with Crippen LogP contribution < -0.4 is 10.0 Å². The number of piperidine rings is 1. The minimum atomic E-state index is -3.29. The minimum absolute atomic E-state index is 0.155. The van der Waals surface area contributed by atoms with Crippen molar-refractivity contribution in [3.05, 3.63) is 0 Å². The average Bonchev–Trinajstić information content (AvgIpc) is 2.48. The van der Waals surface area contributed by atoms with Crippen LogP contribution in [0.5, 0.6) is 0 Å². The third-order valence-corrected chi connectivity index (χ3v) is 6.24. The fourth-order valence-corrected chi connectivity index (χ4v) is 4.98. The molecule has 6 heteroatoms. The maximum atomic E-state index is 12.5. The van der Waals surface area contributed by atoms with Gasteiger partial charge in [0, 0.05) is 19.1 Å². The number of hydrogen-bond acceptors (Lipinski definition) is 3. The van der Waals surface area contributed by atoms with Gasteiger partial charge in [0.1, 0.15) is 0 Å². The zero-order valence-corrected chi connectivity index (χ0v) is 14.1. The Morgan fingerprint density at radius 2 is 1.86 bits per heavy atom. The van der Waals surface area contributed by atoms with Crippen molar-refractivity contribution in [2.24, 2.45) is 5.92 Å². The summed E-state index contributed by atoms with van der Waals surface area (Å²) in [7, 11) is -3.29. The molecule has 1 unspecified atom stereocenters. The largest absolute Gasteiger partial charge is 0.316 e. The van der Waals surface area contributed by atoms with Gasteiger partial charge < -0.3 is 5.32 Å². The Hall–Kier alpha value is -0.170. The molecule has 1 saturated carbocycles. The van der Waals surface area contributed by atoms with Crippen molar-refractivity contribution in [2.45, 2.75) is 64.3 Å². The highest BCUT2D eigenvalue weighted by atomic mass is 32.2. The summed E-state index contributed by atoms with van der Waals surface area (Å²) >= 11 is 0. The monoisotopic (exact) mass is 317 g/mol. The van der Waals surface area contributed by atoms with Crippen LogP contribution in [0, 0.1) is 5.92 Å². The Balaban J connectivity index is 1.83. The summed E-state index contributed by atoms with van der Waals surface area (Å²) < 4.78 is 29.6. The second kappa shape index (κ2) is 8.46. The third-order valence-electron chi connectivity index (χ3n) is 4.60. The van der Waals surface area contributed by atoms with E-state index in [1.54, 1.807) is 4.31 Å². The highest BCUT2D eigenvalue weighted by Gasteiger charge is 2.30. The first-order valence-corrected chi connectivity index (χ1v) is 10.0. The second-order valence-electron chi connectivity index (χ2n) is 6.53. The van der Waals surface area contributed by atoms with Crippen LogP contribution >= 0.6 is 0 Å². The lowest BCUT2D eigenvalue weighted by atomic mass is 9.96. The molecule has 1 saturated heterocycles. The van der Waals surface area contributed by atoms with Gasteiger partial charge in [-0.1, -0.05) is 26.2 Å². The van der Waals surface area contributed by atoms with Gasteiger partial charge in [-0.05, 0) is 51.1 Å². The molecule has 21 heavy (non-hydrogen) atoms. The zero-order valence-electron chi connectivity index (χ0n) is 13.3. The molecular formula is C15H31N3O2S. The lowest BCUT2D eigenvalue weighted by Crippen LogP contribution is -2.50. The predicted molar refractivity (Wildman–Crippen MR) is 86.4 cm³/mol. The van der Waals surface area contributed by atoms with Crippen molar-refractivity contribution in [3.8, 4) is 0 Å². The van der Waals surface area contributed by atoms with E-state index in [0.29, 0.717) is 19.0 Å². The highest BCUT2D eigenvalue weighted by molar-refractivity contribution is 7.87. The average molecular weight is 317 g/mol. The van der Waals surface area contributed by atoms with Crippen molar-refractivity contribution in [1.82, 2.24) is 14.3 Å². The van der Waals surface area contributed by atoms with E-state index in [9.17, 15) is 8.42 Å². The third kappa shape index (κ3) is 5.51. The van der Waals surface area contributed by atoms with E-state index in [0.717, 1.165) is 58.0 Å². The molecule has 0 spiro atoms. The lowest BCUT2D eigenvalue weighted by Gasteiger charge is -2.34. The Bertz CT molecular complexity index is 394. The topological polar surface area (TPSA) is 61.4 Å². The molecule has 5 nitrogen and oxygen atoms in total. The first-order chi connectivity index (χ1) is 10.1. The Morgan fingerprint density at radius 3 is 2.57 bits per heavy atom. The maximum absolute atomic E-state index is 12.5. The first kappa shape index (κ1) is 17.2. The van der Waals surface area contributed by atoms with Crippen LogP contribution in [0.25, 0.3) is 0 Å². The minimum Gasteiger partial charge on any atom is -0.316 e. The Kier molecular flexibility index (Phi) is 6.92. The van der Waals surface area contributed by atoms with Gasteiger partial charge in [0.05, 0.1) is 0 Å². The van der Waals surface area contributed by atoms with Crippen molar-refractivity contribution < 1.29 is 8.42 Å². The number of nitrogens with zero attached hydrogens (tertiary/aromatic N) is 1. The molecule has 1 aliphatic heterocycles. The summed E-state index contributed by atoms with van der Waals surface area (Å²) in [5.74, 6) is 0.452. The zero-order chi connectivity index (χ0) is 15.1. The Morgan fingerprint density at radius 1 is 1.10 bits per heavy atom. The van der Waals surface area contributed by atoms with Gasteiger partial charge in [-0.15, -0.1) is 0 Å². The van der Waals surface area contributed by atoms with Gasteiger partial charge in [-0.25, -0.2) is 0 Å². The van der Waals surface area contributed by atoms with Crippen LogP contribution in [0.4, 0.5) is 0 Å². The molecule has 0 aromatic rings. The van der Waals surface area contributed by atoms with Crippen LogP contribution in [0.3, 0.4) is 0 Å². The van der Waals surface area contributed by atoms with E-state index in [-0.39, 0.29) is 6.04 Å². The molecule has 0 aromatic carbocycles. The van der Waals surface area contributed by atoms with E-state index >= 15 is 0 Å². The molecule has 0 radical (unpaired) electrons. The molecule has 1 heterocycles. The Labute approximate surface area is 130 Å². The second-order valence-corrected chi connectivity index (χ2v) is 8.23.